The smallest absolute Gasteiger partial charge is 0.255 e. The Hall–Kier alpha value is -2.02. The maximum absolute atomic E-state index is 12.5. The van der Waals surface area contributed by atoms with Gasteiger partial charge in [0.2, 0.25) is 0 Å². The fraction of sp³-hybridized carbons (Fsp3) is 0.467. The zero-order valence-electron chi connectivity index (χ0n) is 11.1. The molecule has 1 amide bonds. The molecule has 0 heterocycles. The number of carbonyl (C=O) groups excluding carboxylic acids is 1. The lowest BCUT2D eigenvalue weighted by atomic mass is 10.1. The van der Waals surface area contributed by atoms with E-state index in [0.29, 0.717) is 5.56 Å². The summed E-state index contributed by atoms with van der Waals surface area (Å²) in [7, 11) is 0. The summed E-state index contributed by atoms with van der Waals surface area (Å²) < 4.78 is 0. The molecule has 1 saturated carbocycles. The zero-order valence-corrected chi connectivity index (χ0v) is 11.1. The Morgan fingerprint density at radius 2 is 2.16 bits per heavy atom. The van der Waals surface area contributed by atoms with Crippen molar-refractivity contribution in [2.75, 3.05) is 6.54 Å². The first-order chi connectivity index (χ1) is 9.13. The van der Waals surface area contributed by atoms with Gasteiger partial charge in [-0.2, -0.15) is 5.26 Å². The number of aromatic hydroxyl groups is 1. The van der Waals surface area contributed by atoms with E-state index in [4.69, 9.17) is 5.26 Å². The first-order valence-electron chi connectivity index (χ1n) is 6.61. The number of hydrogen-bond donors (Lipinski definition) is 1. The van der Waals surface area contributed by atoms with Crippen molar-refractivity contribution in [3.8, 4) is 11.8 Å². The summed E-state index contributed by atoms with van der Waals surface area (Å²) in [5.41, 5.74) is 1.31. The number of rotatable bonds is 3. The summed E-state index contributed by atoms with van der Waals surface area (Å²) in [6.45, 7) is 1.93. The van der Waals surface area contributed by atoms with Crippen LogP contribution >= 0.6 is 0 Å². The van der Waals surface area contributed by atoms with Crippen LogP contribution in [0.3, 0.4) is 0 Å². The van der Waals surface area contributed by atoms with Crippen LogP contribution in [0.4, 0.5) is 0 Å². The summed E-state index contributed by atoms with van der Waals surface area (Å²) in [6.07, 6.45) is 4.19. The van der Waals surface area contributed by atoms with Crippen LogP contribution in [0.1, 0.15) is 41.6 Å². The minimum atomic E-state index is -0.106. The van der Waals surface area contributed by atoms with E-state index in [9.17, 15) is 9.90 Å². The van der Waals surface area contributed by atoms with Gasteiger partial charge in [-0.3, -0.25) is 4.79 Å². The normalized spacial score (nSPS) is 15.2. The van der Waals surface area contributed by atoms with Gasteiger partial charge in [0.1, 0.15) is 12.3 Å². The van der Waals surface area contributed by atoms with Crippen molar-refractivity contribution in [1.29, 1.82) is 5.26 Å². The van der Waals surface area contributed by atoms with E-state index >= 15 is 0 Å². The van der Waals surface area contributed by atoms with Crippen LogP contribution < -0.4 is 0 Å². The van der Waals surface area contributed by atoms with Crippen molar-refractivity contribution >= 4 is 5.91 Å². The molecule has 2 rings (SSSR count). The van der Waals surface area contributed by atoms with Gasteiger partial charge in [0, 0.05) is 11.6 Å². The van der Waals surface area contributed by atoms with Crippen LogP contribution in [0, 0.1) is 18.3 Å². The van der Waals surface area contributed by atoms with Crippen molar-refractivity contribution in [2.24, 2.45) is 0 Å². The number of carbonyl (C=O) groups is 1. The predicted molar refractivity (Wildman–Crippen MR) is 71.7 cm³/mol. The first-order valence-corrected chi connectivity index (χ1v) is 6.61. The molecule has 1 aromatic carbocycles. The van der Waals surface area contributed by atoms with Crippen LogP contribution in [0.15, 0.2) is 18.2 Å². The van der Waals surface area contributed by atoms with E-state index < -0.39 is 0 Å². The molecule has 0 atom stereocenters. The number of hydrogen-bond acceptors (Lipinski definition) is 3. The van der Waals surface area contributed by atoms with E-state index in [0.717, 1.165) is 31.2 Å². The maximum Gasteiger partial charge on any atom is 0.255 e. The van der Waals surface area contributed by atoms with Crippen molar-refractivity contribution in [2.45, 2.75) is 38.6 Å². The second-order valence-corrected chi connectivity index (χ2v) is 5.03. The molecule has 0 aliphatic heterocycles. The number of nitriles is 1. The average molecular weight is 258 g/mol. The summed E-state index contributed by atoms with van der Waals surface area (Å²) in [5, 5.41) is 18.3. The lowest BCUT2D eigenvalue weighted by molar-refractivity contribution is 0.0708. The van der Waals surface area contributed by atoms with E-state index in [1.807, 2.05) is 0 Å². The molecule has 0 bridgehead atoms. The molecule has 0 saturated heterocycles. The van der Waals surface area contributed by atoms with Crippen LogP contribution in [-0.4, -0.2) is 28.5 Å². The highest BCUT2D eigenvalue weighted by atomic mass is 16.3. The van der Waals surface area contributed by atoms with E-state index in [-0.39, 0.29) is 24.2 Å². The molecule has 0 spiro atoms. The third-order valence-corrected chi connectivity index (χ3v) is 3.71. The maximum atomic E-state index is 12.5. The van der Waals surface area contributed by atoms with E-state index in [1.165, 1.54) is 6.07 Å². The van der Waals surface area contributed by atoms with Gasteiger partial charge in [-0.25, -0.2) is 0 Å². The topological polar surface area (TPSA) is 64.3 Å². The van der Waals surface area contributed by atoms with E-state index in [1.54, 1.807) is 24.0 Å². The quantitative estimate of drug-likeness (QED) is 0.847. The molecule has 0 radical (unpaired) electrons. The molecular formula is C15H18N2O2. The van der Waals surface area contributed by atoms with Crippen LogP contribution in [0.5, 0.6) is 5.75 Å². The van der Waals surface area contributed by atoms with Crippen LogP contribution in [0.25, 0.3) is 0 Å². The Kier molecular flexibility index (Phi) is 4.06. The first kappa shape index (κ1) is 13.4. The van der Waals surface area contributed by atoms with E-state index in [2.05, 4.69) is 6.07 Å². The zero-order chi connectivity index (χ0) is 13.8. The fourth-order valence-electron chi connectivity index (χ4n) is 2.70. The number of benzene rings is 1. The minimum Gasteiger partial charge on any atom is -0.508 e. The molecule has 19 heavy (non-hydrogen) atoms. The molecule has 0 aromatic heterocycles. The minimum absolute atomic E-state index is 0.106. The second kappa shape index (κ2) is 5.75. The molecule has 4 heteroatoms. The number of amides is 1. The van der Waals surface area contributed by atoms with Crippen molar-refractivity contribution in [3.63, 3.8) is 0 Å². The molecule has 4 nitrogen and oxygen atoms in total. The molecule has 1 N–H and O–H groups in total. The Bertz CT molecular complexity index is 513. The van der Waals surface area contributed by atoms with Crippen molar-refractivity contribution in [3.05, 3.63) is 29.3 Å². The summed E-state index contributed by atoms with van der Waals surface area (Å²) in [4.78, 5) is 14.2. The average Bonchev–Trinajstić information content (AvgIpc) is 2.89. The van der Waals surface area contributed by atoms with Gasteiger partial charge in [-0.1, -0.05) is 12.8 Å². The number of nitrogens with zero attached hydrogens (tertiary/aromatic N) is 2. The highest BCUT2D eigenvalue weighted by Crippen LogP contribution is 2.26. The van der Waals surface area contributed by atoms with Crippen molar-refractivity contribution in [1.82, 2.24) is 4.90 Å². The fourth-order valence-corrected chi connectivity index (χ4v) is 2.70. The Balaban J connectivity index is 2.25. The molecule has 1 aromatic rings. The van der Waals surface area contributed by atoms with Gasteiger partial charge in [0.05, 0.1) is 6.07 Å². The summed E-state index contributed by atoms with van der Waals surface area (Å²) in [5.74, 6) is 0.0488. The molecule has 1 fully saturated rings. The number of aryl methyl sites for hydroxylation is 1. The lowest BCUT2D eigenvalue weighted by Crippen LogP contribution is -2.39. The third-order valence-electron chi connectivity index (χ3n) is 3.71. The van der Waals surface area contributed by atoms with Crippen LogP contribution in [0.2, 0.25) is 0 Å². The van der Waals surface area contributed by atoms with Gasteiger partial charge in [-0.15, -0.1) is 0 Å². The highest BCUT2D eigenvalue weighted by molar-refractivity contribution is 5.96. The Labute approximate surface area is 113 Å². The predicted octanol–water partition coefficient (Wildman–Crippen LogP) is 2.61. The Morgan fingerprint density at radius 1 is 1.47 bits per heavy atom. The largest absolute Gasteiger partial charge is 0.508 e. The molecular weight excluding hydrogens is 240 g/mol. The van der Waals surface area contributed by atoms with Crippen LogP contribution in [-0.2, 0) is 0 Å². The van der Waals surface area contributed by atoms with Gasteiger partial charge >= 0.3 is 0 Å². The number of phenolic OH excluding ortho intramolecular Hbond substituents is 1. The SMILES string of the molecule is Cc1cc(O)ccc1C(=O)N(CC#N)C1CCCC1. The monoisotopic (exact) mass is 258 g/mol. The van der Waals surface area contributed by atoms with Gasteiger partial charge in [0.15, 0.2) is 0 Å². The molecule has 100 valence electrons. The summed E-state index contributed by atoms with van der Waals surface area (Å²) >= 11 is 0. The third kappa shape index (κ3) is 2.87. The molecule has 1 aliphatic carbocycles. The Morgan fingerprint density at radius 3 is 2.74 bits per heavy atom. The lowest BCUT2D eigenvalue weighted by Gasteiger charge is -2.27. The highest BCUT2D eigenvalue weighted by Gasteiger charge is 2.27. The molecule has 1 aliphatic rings. The standard InChI is InChI=1S/C15H18N2O2/c1-11-10-13(18)6-7-14(11)15(19)17(9-8-16)12-4-2-3-5-12/h6-7,10,12,18H,2-5,9H2,1H3. The summed E-state index contributed by atoms with van der Waals surface area (Å²) in [6, 6.07) is 6.98. The second-order valence-electron chi connectivity index (χ2n) is 5.03. The van der Waals surface area contributed by atoms with Crippen molar-refractivity contribution < 1.29 is 9.90 Å². The van der Waals surface area contributed by atoms with Gasteiger partial charge in [-0.05, 0) is 43.5 Å². The number of phenols is 1. The van der Waals surface area contributed by atoms with Gasteiger partial charge < -0.3 is 10.0 Å². The molecule has 0 unspecified atom stereocenters. The van der Waals surface area contributed by atoms with Gasteiger partial charge in [0.25, 0.3) is 5.91 Å².